The van der Waals surface area contributed by atoms with Gasteiger partial charge in [-0.2, -0.15) is 0 Å². The largest absolute Gasteiger partial charge is 0.393 e. The molecule has 1 heterocycles. The Labute approximate surface area is 73.1 Å². The minimum atomic E-state index is 0.919. The highest BCUT2D eigenvalue weighted by molar-refractivity contribution is 5.03. The minimum absolute atomic E-state index is 0.919. The first-order chi connectivity index (χ1) is 5.93. The van der Waals surface area contributed by atoms with Crippen LogP contribution in [0.1, 0.15) is 0 Å². The van der Waals surface area contributed by atoms with Gasteiger partial charge in [0.15, 0.2) is 0 Å². The summed E-state index contributed by atoms with van der Waals surface area (Å²) in [4.78, 5) is 0. The first-order valence-electron chi connectivity index (χ1n) is 4.17. The summed E-state index contributed by atoms with van der Waals surface area (Å²) < 4.78 is 0. The normalized spacial score (nSPS) is 17.9. The predicted molar refractivity (Wildman–Crippen MR) is 50.3 cm³/mol. The number of rotatable bonds is 3. The van der Waals surface area contributed by atoms with Crippen LogP contribution in [0.4, 0.5) is 0 Å². The molecule has 4 heteroatoms. The molecule has 1 aliphatic rings. The van der Waals surface area contributed by atoms with E-state index in [2.05, 4.69) is 27.3 Å². The van der Waals surface area contributed by atoms with Crippen molar-refractivity contribution < 1.29 is 0 Å². The van der Waals surface area contributed by atoms with E-state index in [0.717, 1.165) is 25.5 Å². The molecule has 1 rings (SSSR count). The molecule has 1 aliphatic heterocycles. The average molecular weight is 168 g/mol. The van der Waals surface area contributed by atoms with Crippen molar-refractivity contribution in [1.29, 1.82) is 0 Å². The molecule has 0 amide bonds. The van der Waals surface area contributed by atoms with Crippen LogP contribution in [-0.4, -0.2) is 26.7 Å². The molecule has 0 bridgehead atoms. The average Bonchev–Trinajstić information content (AvgIpc) is 2.33. The Kier molecular flexibility index (Phi) is 4.08. The lowest BCUT2D eigenvalue weighted by molar-refractivity contribution is 0.706. The van der Waals surface area contributed by atoms with Gasteiger partial charge >= 0.3 is 0 Å². The summed E-state index contributed by atoms with van der Waals surface area (Å²) in [7, 11) is 1.87. The van der Waals surface area contributed by atoms with Crippen molar-refractivity contribution in [2.45, 2.75) is 0 Å². The van der Waals surface area contributed by atoms with Gasteiger partial charge in [-0.3, -0.25) is 0 Å². The summed E-state index contributed by atoms with van der Waals surface area (Å²) >= 11 is 0. The Morgan fingerprint density at radius 1 is 1.42 bits per heavy atom. The molecule has 68 valence electrons. The van der Waals surface area contributed by atoms with E-state index in [1.54, 1.807) is 0 Å². The minimum Gasteiger partial charge on any atom is -0.393 e. The van der Waals surface area contributed by atoms with E-state index in [1.165, 1.54) is 0 Å². The lowest BCUT2D eigenvalue weighted by atomic mass is 10.5. The lowest BCUT2D eigenvalue weighted by Gasteiger charge is -2.06. The van der Waals surface area contributed by atoms with Crippen LogP contribution in [0.3, 0.4) is 0 Å². The van der Waals surface area contributed by atoms with Crippen LogP contribution in [0.2, 0.25) is 0 Å². The fourth-order valence-corrected chi connectivity index (χ4v) is 0.959. The van der Waals surface area contributed by atoms with Gasteiger partial charge in [0, 0.05) is 39.1 Å². The monoisotopic (exact) mass is 168 g/mol. The molecule has 0 aromatic carbocycles. The van der Waals surface area contributed by atoms with Crippen molar-refractivity contribution in [1.82, 2.24) is 21.3 Å². The molecule has 0 fully saturated rings. The zero-order valence-electron chi connectivity index (χ0n) is 7.35. The Morgan fingerprint density at radius 3 is 3.17 bits per heavy atom. The zero-order chi connectivity index (χ0) is 8.65. The fraction of sp³-hybridized carbons (Fsp3) is 0.500. The van der Waals surface area contributed by atoms with Crippen molar-refractivity contribution in [2.24, 2.45) is 0 Å². The second kappa shape index (κ2) is 5.49. The second-order valence-corrected chi connectivity index (χ2v) is 2.52. The number of nitrogens with one attached hydrogen (secondary N) is 4. The smallest absolute Gasteiger partial charge is 0.0999 e. The van der Waals surface area contributed by atoms with E-state index in [4.69, 9.17) is 0 Å². The highest BCUT2D eigenvalue weighted by Crippen LogP contribution is 1.85. The molecule has 0 unspecified atom stereocenters. The topological polar surface area (TPSA) is 48.1 Å². The number of hydrogen-bond acceptors (Lipinski definition) is 4. The Hall–Kier alpha value is -1.16. The third-order valence-electron chi connectivity index (χ3n) is 1.56. The maximum absolute atomic E-state index is 3.25. The molecular formula is C8H16N4. The molecule has 0 saturated carbocycles. The molecule has 12 heavy (non-hydrogen) atoms. The van der Waals surface area contributed by atoms with Gasteiger partial charge in [0.2, 0.25) is 0 Å². The molecule has 0 aliphatic carbocycles. The first-order valence-corrected chi connectivity index (χ1v) is 4.17. The summed E-state index contributed by atoms with van der Waals surface area (Å²) in [6.07, 6.45) is 5.80. The van der Waals surface area contributed by atoms with E-state index in [9.17, 15) is 0 Å². The third kappa shape index (κ3) is 3.30. The van der Waals surface area contributed by atoms with Crippen molar-refractivity contribution in [3.05, 3.63) is 24.3 Å². The van der Waals surface area contributed by atoms with E-state index in [1.807, 2.05) is 19.4 Å². The molecule has 0 atom stereocenters. The van der Waals surface area contributed by atoms with Crippen LogP contribution >= 0.6 is 0 Å². The van der Waals surface area contributed by atoms with E-state index >= 15 is 0 Å². The maximum atomic E-state index is 3.25. The van der Waals surface area contributed by atoms with Crippen LogP contribution in [-0.2, 0) is 0 Å². The zero-order valence-corrected chi connectivity index (χ0v) is 7.35. The molecule has 0 aromatic rings. The molecular weight excluding hydrogens is 152 g/mol. The van der Waals surface area contributed by atoms with Crippen molar-refractivity contribution >= 4 is 0 Å². The summed E-state index contributed by atoms with van der Waals surface area (Å²) in [5, 5.41) is 12.5. The Balaban J connectivity index is 2.28. The molecule has 0 radical (unpaired) electrons. The summed E-state index contributed by atoms with van der Waals surface area (Å²) in [5.41, 5.74) is 0. The highest BCUT2D eigenvalue weighted by atomic mass is 15.1. The van der Waals surface area contributed by atoms with Gasteiger partial charge in [0.1, 0.15) is 0 Å². The second-order valence-electron chi connectivity index (χ2n) is 2.52. The van der Waals surface area contributed by atoms with Crippen molar-refractivity contribution in [2.75, 3.05) is 26.7 Å². The summed E-state index contributed by atoms with van der Waals surface area (Å²) in [5.74, 6) is 1.06. The van der Waals surface area contributed by atoms with Gasteiger partial charge < -0.3 is 21.3 Å². The van der Waals surface area contributed by atoms with Crippen LogP contribution in [0.5, 0.6) is 0 Å². The highest BCUT2D eigenvalue weighted by Gasteiger charge is 1.96. The van der Waals surface area contributed by atoms with Crippen LogP contribution in [0.15, 0.2) is 24.3 Å². The lowest BCUT2D eigenvalue weighted by Crippen LogP contribution is -2.26. The Bertz CT molecular complexity index is 174. The van der Waals surface area contributed by atoms with Gasteiger partial charge in [0.25, 0.3) is 0 Å². The molecule has 0 saturated heterocycles. The molecule has 4 N–H and O–H groups in total. The first kappa shape index (κ1) is 8.93. The van der Waals surface area contributed by atoms with Gasteiger partial charge in [-0.25, -0.2) is 0 Å². The van der Waals surface area contributed by atoms with Gasteiger partial charge in [-0.1, -0.05) is 0 Å². The van der Waals surface area contributed by atoms with E-state index in [-0.39, 0.29) is 0 Å². The molecule has 4 nitrogen and oxygen atoms in total. The van der Waals surface area contributed by atoms with Crippen molar-refractivity contribution in [3.8, 4) is 0 Å². The van der Waals surface area contributed by atoms with Gasteiger partial charge in [-0.15, -0.1) is 0 Å². The van der Waals surface area contributed by atoms with Crippen LogP contribution in [0, 0.1) is 0 Å². The van der Waals surface area contributed by atoms with Crippen molar-refractivity contribution in [3.63, 3.8) is 0 Å². The van der Waals surface area contributed by atoms with Crippen LogP contribution in [0.25, 0.3) is 0 Å². The molecule has 0 spiro atoms. The molecule has 0 aromatic heterocycles. The van der Waals surface area contributed by atoms with Gasteiger partial charge in [0.05, 0.1) is 5.82 Å². The van der Waals surface area contributed by atoms with E-state index < -0.39 is 0 Å². The maximum Gasteiger partial charge on any atom is 0.0999 e. The number of hydrogen-bond donors (Lipinski definition) is 4. The summed E-state index contributed by atoms with van der Waals surface area (Å²) in [6, 6.07) is 0. The summed E-state index contributed by atoms with van der Waals surface area (Å²) in [6.45, 7) is 2.90. The van der Waals surface area contributed by atoms with Gasteiger partial charge in [-0.05, 0) is 6.08 Å². The Morgan fingerprint density at radius 2 is 2.33 bits per heavy atom. The quantitative estimate of drug-likeness (QED) is 0.450. The standard InChI is InChI=1S/C8H16N4/c1-9-4-6-11-8-2-3-10-5-7-12-8/h2,4,6,9-12H,3,5,7H2,1H3/b6-4-. The van der Waals surface area contributed by atoms with E-state index in [0.29, 0.717) is 0 Å². The SMILES string of the molecule is CN/C=C\NC1=CCNCCN1. The third-order valence-corrected chi connectivity index (χ3v) is 1.56. The fourth-order valence-electron chi connectivity index (χ4n) is 0.959. The predicted octanol–water partition coefficient (Wildman–Crippen LogP) is -0.699. The van der Waals surface area contributed by atoms with Crippen LogP contribution < -0.4 is 21.3 Å².